The van der Waals surface area contributed by atoms with Crippen LogP contribution in [0.1, 0.15) is 20.7 Å². The first-order valence-corrected chi connectivity index (χ1v) is 8.38. The summed E-state index contributed by atoms with van der Waals surface area (Å²) in [6.07, 6.45) is 4.59. The lowest BCUT2D eigenvalue weighted by molar-refractivity contribution is 0.0599. The third-order valence-corrected chi connectivity index (χ3v) is 3.85. The Balaban J connectivity index is 1.94. The zero-order chi connectivity index (χ0) is 20.8. The van der Waals surface area contributed by atoms with Gasteiger partial charge in [-0.15, -0.1) is 0 Å². The molecular formula is C19H18N6O4. The standard InChI is InChI=1S/C19H18N6O4/c1-28-18(26)11-6-12(19(27)29-2)8-14(7-11)25-17-15(20)16(22-10-23-17)24-13-4-3-5-21-9-13/h3-10H,20H2,1-2H3,(H2,22,23,24,25). The van der Waals surface area contributed by atoms with Crippen molar-refractivity contribution in [2.24, 2.45) is 0 Å². The first-order chi connectivity index (χ1) is 14.0. The van der Waals surface area contributed by atoms with E-state index in [0.29, 0.717) is 17.2 Å². The number of hydrogen-bond acceptors (Lipinski definition) is 10. The van der Waals surface area contributed by atoms with Crippen LogP contribution in [0.4, 0.5) is 28.7 Å². The normalized spacial score (nSPS) is 10.1. The molecule has 0 aliphatic rings. The third kappa shape index (κ3) is 4.56. The summed E-state index contributed by atoms with van der Waals surface area (Å²) in [4.78, 5) is 36.2. The van der Waals surface area contributed by atoms with Crippen molar-refractivity contribution in [3.63, 3.8) is 0 Å². The molecule has 10 heteroatoms. The predicted molar refractivity (Wildman–Crippen MR) is 106 cm³/mol. The number of nitrogens with two attached hydrogens (primary N) is 1. The molecule has 0 aliphatic heterocycles. The molecule has 0 unspecified atom stereocenters. The van der Waals surface area contributed by atoms with Gasteiger partial charge in [0.2, 0.25) is 0 Å². The van der Waals surface area contributed by atoms with E-state index in [4.69, 9.17) is 15.2 Å². The topological polar surface area (TPSA) is 141 Å². The minimum Gasteiger partial charge on any atom is -0.465 e. The van der Waals surface area contributed by atoms with Crippen molar-refractivity contribution >= 4 is 40.6 Å². The second-order valence-corrected chi connectivity index (χ2v) is 5.76. The number of esters is 2. The number of anilines is 5. The highest BCUT2D eigenvalue weighted by Crippen LogP contribution is 2.29. The summed E-state index contributed by atoms with van der Waals surface area (Å²) < 4.78 is 9.47. The summed E-state index contributed by atoms with van der Waals surface area (Å²) >= 11 is 0. The van der Waals surface area contributed by atoms with Crippen molar-refractivity contribution in [3.05, 3.63) is 60.2 Å². The summed E-state index contributed by atoms with van der Waals surface area (Å²) in [6.45, 7) is 0. The molecule has 3 aromatic rings. The Labute approximate surface area is 166 Å². The van der Waals surface area contributed by atoms with Gasteiger partial charge in [-0.3, -0.25) is 4.98 Å². The quantitative estimate of drug-likeness (QED) is 0.534. The number of ether oxygens (including phenoxy) is 2. The zero-order valence-corrected chi connectivity index (χ0v) is 15.7. The van der Waals surface area contributed by atoms with Crippen LogP contribution in [0.3, 0.4) is 0 Å². The van der Waals surface area contributed by atoms with Crippen molar-refractivity contribution in [1.29, 1.82) is 0 Å². The number of carbonyl (C=O) groups is 2. The fourth-order valence-corrected chi connectivity index (χ4v) is 2.48. The molecule has 0 spiro atoms. The Morgan fingerprint density at radius 3 is 2.03 bits per heavy atom. The van der Waals surface area contributed by atoms with E-state index < -0.39 is 11.9 Å². The lowest BCUT2D eigenvalue weighted by atomic mass is 10.1. The van der Waals surface area contributed by atoms with Gasteiger partial charge in [-0.25, -0.2) is 19.6 Å². The average Bonchev–Trinajstić information content (AvgIpc) is 2.75. The lowest BCUT2D eigenvalue weighted by Crippen LogP contribution is -2.09. The van der Waals surface area contributed by atoms with Crippen LogP contribution in [0.25, 0.3) is 0 Å². The number of pyridine rings is 1. The Morgan fingerprint density at radius 2 is 1.52 bits per heavy atom. The van der Waals surface area contributed by atoms with Crippen molar-refractivity contribution in [2.45, 2.75) is 0 Å². The maximum Gasteiger partial charge on any atom is 0.337 e. The van der Waals surface area contributed by atoms with Crippen LogP contribution < -0.4 is 16.4 Å². The Kier molecular flexibility index (Phi) is 5.83. The van der Waals surface area contributed by atoms with E-state index >= 15 is 0 Å². The van der Waals surface area contributed by atoms with Gasteiger partial charge in [-0.05, 0) is 30.3 Å². The average molecular weight is 394 g/mol. The molecule has 0 bridgehead atoms. The van der Waals surface area contributed by atoms with E-state index in [0.717, 1.165) is 0 Å². The minimum absolute atomic E-state index is 0.166. The number of aromatic nitrogens is 3. The molecule has 10 nitrogen and oxygen atoms in total. The van der Waals surface area contributed by atoms with Gasteiger partial charge in [0.05, 0.1) is 37.2 Å². The number of nitrogens with one attached hydrogen (secondary N) is 2. The van der Waals surface area contributed by atoms with Crippen LogP contribution in [-0.2, 0) is 9.47 Å². The Hall–Kier alpha value is -4.21. The van der Waals surface area contributed by atoms with E-state index in [1.54, 1.807) is 18.5 Å². The van der Waals surface area contributed by atoms with Gasteiger partial charge in [-0.1, -0.05) is 0 Å². The number of nitrogen functional groups attached to an aromatic ring is 1. The van der Waals surface area contributed by atoms with Crippen molar-refractivity contribution in [2.75, 3.05) is 30.6 Å². The maximum absolute atomic E-state index is 11.9. The van der Waals surface area contributed by atoms with E-state index in [1.807, 2.05) is 6.07 Å². The number of benzene rings is 1. The second kappa shape index (κ2) is 8.65. The molecule has 0 fully saturated rings. The molecule has 148 valence electrons. The summed E-state index contributed by atoms with van der Waals surface area (Å²) in [5, 5.41) is 6.04. The van der Waals surface area contributed by atoms with Crippen molar-refractivity contribution in [1.82, 2.24) is 15.0 Å². The smallest absolute Gasteiger partial charge is 0.337 e. The zero-order valence-electron chi connectivity index (χ0n) is 15.7. The molecule has 2 aromatic heterocycles. The summed E-state index contributed by atoms with van der Waals surface area (Å²) in [5.74, 6) is -0.557. The second-order valence-electron chi connectivity index (χ2n) is 5.76. The van der Waals surface area contributed by atoms with E-state index in [9.17, 15) is 9.59 Å². The van der Waals surface area contributed by atoms with Crippen LogP contribution in [0.2, 0.25) is 0 Å². The van der Waals surface area contributed by atoms with Crippen LogP contribution >= 0.6 is 0 Å². The summed E-state index contributed by atoms with van der Waals surface area (Å²) in [6, 6.07) is 7.97. The first kappa shape index (κ1) is 19.5. The van der Waals surface area contributed by atoms with Crippen LogP contribution in [0.15, 0.2) is 49.1 Å². The molecule has 29 heavy (non-hydrogen) atoms. The fourth-order valence-electron chi connectivity index (χ4n) is 2.48. The summed E-state index contributed by atoms with van der Waals surface area (Å²) in [7, 11) is 2.50. The molecule has 2 heterocycles. The number of carbonyl (C=O) groups excluding carboxylic acids is 2. The number of methoxy groups -OCH3 is 2. The van der Waals surface area contributed by atoms with Gasteiger partial charge in [0, 0.05) is 11.9 Å². The maximum atomic E-state index is 11.9. The Morgan fingerprint density at radius 1 is 0.931 bits per heavy atom. The highest BCUT2D eigenvalue weighted by molar-refractivity contribution is 5.97. The van der Waals surface area contributed by atoms with E-state index in [2.05, 4.69) is 25.6 Å². The largest absolute Gasteiger partial charge is 0.465 e. The molecule has 0 saturated carbocycles. The molecule has 0 atom stereocenters. The van der Waals surface area contributed by atoms with Gasteiger partial charge in [-0.2, -0.15) is 0 Å². The summed E-state index contributed by atoms with van der Waals surface area (Å²) in [5.41, 5.74) is 7.83. The molecule has 0 radical (unpaired) electrons. The van der Waals surface area contributed by atoms with E-state index in [-0.39, 0.29) is 22.6 Å². The van der Waals surface area contributed by atoms with Crippen LogP contribution in [-0.4, -0.2) is 41.1 Å². The first-order valence-electron chi connectivity index (χ1n) is 8.38. The molecule has 0 aliphatic carbocycles. The van der Waals surface area contributed by atoms with Gasteiger partial charge in [0.1, 0.15) is 12.0 Å². The van der Waals surface area contributed by atoms with Gasteiger partial charge in [0.15, 0.2) is 11.6 Å². The monoisotopic (exact) mass is 394 g/mol. The molecule has 4 N–H and O–H groups in total. The number of rotatable bonds is 6. The van der Waals surface area contributed by atoms with Crippen molar-refractivity contribution < 1.29 is 19.1 Å². The van der Waals surface area contributed by atoms with Crippen molar-refractivity contribution in [3.8, 4) is 0 Å². The Bertz CT molecular complexity index is 1010. The predicted octanol–water partition coefficient (Wildman–Crippen LogP) is 2.51. The fraction of sp³-hybridized carbons (Fsp3) is 0.105. The molecule has 0 amide bonds. The van der Waals surface area contributed by atoms with Crippen LogP contribution in [0, 0.1) is 0 Å². The van der Waals surface area contributed by atoms with Gasteiger partial charge >= 0.3 is 11.9 Å². The molecule has 0 saturated heterocycles. The van der Waals surface area contributed by atoms with Gasteiger partial charge in [0.25, 0.3) is 0 Å². The third-order valence-electron chi connectivity index (χ3n) is 3.85. The van der Waals surface area contributed by atoms with E-state index in [1.165, 1.54) is 38.7 Å². The SMILES string of the molecule is COC(=O)c1cc(Nc2ncnc(Nc3cccnc3)c2N)cc(C(=O)OC)c1. The van der Waals surface area contributed by atoms with Crippen LogP contribution in [0.5, 0.6) is 0 Å². The van der Waals surface area contributed by atoms with Gasteiger partial charge < -0.3 is 25.8 Å². The molecular weight excluding hydrogens is 376 g/mol. The molecule has 3 rings (SSSR count). The highest BCUT2D eigenvalue weighted by atomic mass is 16.5. The number of hydrogen-bond donors (Lipinski definition) is 3. The minimum atomic E-state index is -0.603. The lowest BCUT2D eigenvalue weighted by Gasteiger charge is -2.13. The molecule has 1 aromatic carbocycles. The highest BCUT2D eigenvalue weighted by Gasteiger charge is 2.15. The number of nitrogens with zero attached hydrogens (tertiary/aromatic N) is 3.